The lowest BCUT2D eigenvalue weighted by molar-refractivity contribution is 0.102. The van der Waals surface area contributed by atoms with Crippen LogP contribution in [0.2, 0.25) is 0 Å². The topological polar surface area (TPSA) is 29.1 Å². The van der Waals surface area contributed by atoms with Gasteiger partial charge in [0.25, 0.3) is 5.91 Å². The molecule has 2 rings (SSSR count). The summed E-state index contributed by atoms with van der Waals surface area (Å²) in [7, 11) is 0. The van der Waals surface area contributed by atoms with E-state index in [-0.39, 0.29) is 11.7 Å². The third-order valence-electron chi connectivity index (χ3n) is 2.87. The Labute approximate surface area is 119 Å². The summed E-state index contributed by atoms with van der Waals surface area (Å²) in [5.74, 6) is -0.524. The maximum absolute atomic E-state index is 13.0. The van der Waals surface area contributed by atoms with Gasteiger partial charge in [-0.05, 0) is 55.3 Å². The lowest BCUT2D eigenvalue weighted by atomic mass is 10.1. The normalized spacial score (nSPS) is 10.3. The molecule has 2 aromatic rings. The van der Waals surface area contributed by atoms with E-state index in [0.29, 0.717) is 16.8 Å². The van der Waals surface area contributed by atoms with E-state index in [1.54, 1.807) is 25.1 Å². The number of aryl methyl sites for hydroxylation is 2. The number of nitrogens with one attached hydrogen (secondary N) is 1. The number of benzene rings is 2. The van der Waals surface area contributed by atoms with Crippen molar-refractivity contribution in [1.29, 1.82) is 0 Å². The van der Waals surface area contributed by atoms with Crippen LogP contribution in [0, 0.1) is 19.7 Å². The van der Waals surface area contributed by atoms with E-state index in [0.717, 1.165) is 10.0 Å². The van der Waals surface area contributed by atoms with Crippen molar-refractivity contribution in [2.24, 2.45) is 0 Å². The molecule has 0 aliphatic heterocycles. The molecule has 0 radical (unpaired) electrons. The highest BCUT2D eigenvalue weighted by molar-refractivity contribution is 9.10. The summed E-state index contributed by atoms with van der Waals surface area (Å²) in [5, 5.41) is 2.77. The van der Waals surface area contributed by atoms with Crippen LogP contribution in [0.15, 0.2) is 40.9 Å². The zero-order valence-corrected chi connectivity index (χ0v) is 12.2. The maximum Gasteiger partial charge on any atom is 0.255 e. The molecular formula is C15H13BrFNO. The SMILES string of the molecule is Cc1ccc(C(=O)Nc2ccc(F)cc2C)cc1Br. The third-order valence-corrected chi connectivity index (χ3v) is 3.73. The van der Waals surface area contributed by atoms with E-state index in [2.05, 4.69) is 21.2 Å². The fraction of sp³-hybridized carbons (Fsp3) is 0.133. The highest BCUT2D eigenvalue weighted by Gasteiger charge is 2.09. The second-order valence-corrected chi connectivity index (χ2v) is 5.23. The van der Waals surface area contributed by atoms with Gasteiger partial charge in [0.05, 0.1) is 0 Å². The molecule has 98 valence electrons. The van der Waals surface area contributed by atoms with Gasteiger partial charge in [-0.15, -0.1) is 0 Å². The van der Waals surface area contributed by atoms with E-state index >= 15 is 0 Å². The highest BCUT2D eigenvalue weighted by Crippen LogP contribution is 2.20. The van der Waals surface area contributed by atoms with Gasteiger partial charge in [-0.25, -0.2) is 4.39 Å². The third kappa shape index (κ3) is 3.20. The van der Waals surface area contributed by atoms with Crippen molar-refractivity contribution < 1.29 is 9.18 Å². The van der Waals surface area contributed by atoms with E-state index in [1.807, 2.05) is 13.0 Å². The predicted octanol–water partition coefficient (Wildman–Crippen LogP) is 4.46. The summed E-state index contributed by atoms with van der Waals surface area (Å²) in [5.41, 5.74) is 2.93. The van der Waals surface area contributed by atoms with Gasteiger partial charge < -0.3 is 5.32 Å². The number of carbonyl (C=O) groups is 1. The van der Waals surface area contributed by atoms with Crippen molar-refractivity contribution in [3.8, 4) is 0 Å². The second kappa shape index (κ2) is 5.53. The Morgan fingerprint density at radius 3 is 2.47 bits per heavy atom. The van der Waals surface area contributed by atoms with E-state index in [9.17, 15) is 9.18 Å². The Kier molecular flexibility index (Phi) is 4.00. The van der Waals surface area contributed by atoms with Crippen molar-refractivity contribution in [3.05, 3.63) is 63.4 Å². The molecule has 0 saturated carbocycles. The van der Waals surface area contributed by atoms with Gasteiger partial charge in [0, 0.05) is 15.7 Å². The smallest absolute Gasteiger partial charge is 0.255 e. The number of anilines is 1. The summed E-state index contributed by atoms with van der Waals surface area (Å²) < 4.78 is 13.9. The molecule has 0 aromatic heterocycles. The first-order chi connectivity index (χ1) is 8.97. The van der Waals surface area contributed by atoms with Crippen LogP contribution in [-0.2, 0) is 0 Å². The van der Waals surface area contributed by atoms with Gasteiger partial charge >= 0.3 is 0 Å². The summed E-state index contributed by atoms with van der Waals surface area (Å²) in [6.07, 6.45) is 0. The van der Waals surface area contributed by atoms with Gasteiger partial charge in [0.2, 0.25) is 0 Å². The monoisotopic (exact) mass is 321 g/mol. The molecule has 1 N–H and O–H groups in total. The van der Waals surface area contributed by atoms with Gasteiger partial charge in [0.15, 0.2) is 0 Å². The molecule has 0 aliphatic carbocycles. The first-order valence-electron chi connectivity index (χ1n) is 5.81. The molecule has 0 saturated heterocycles. The molecular weight excluding hydrogens is 309 g/mol. The fourth-order valence-corrected chi connectivity index (χ4v) is 2.07. The van der Waals surface area contributed by atoms with Crippen molar-refractivity contribution in [2.75, 3.05) is 5.32 Å². The largest absolute Gasteiger partial charge is 0.322 e. The second-order valence-electron chi connectivity index (χ2n) is 4.38. The molecule has 0 heterocycles. The van der Waals surface area contributed by atoms with Crippen LogP contribution in [0.5, 0.6) is 0 Å². The van der Waals surface area contributed by atoms with Gasteiger partial charge in [0.1, 0.15) is 5.82 Å². The number of rotatable bonds is 2. The van der Waals surface area contributed by atoms with Crippen molar-refractivity contribution in [2.45, 2.75) is 13.8 Å². The Morgan fingerprint density at radius 1 is 1.11 bits per heavy atom. The van der Waals surface area contributed by atoms with Gasteiger partial charge in [-0.2, -0.15) is 0 Å². The maximum atomic E-state index is 13.0. The minimum absolute atomic E-state index is 0.213. The van der Waals surface area contributed by atoms with Crippen molar-refractivity contribution in [3.63, 3.8) is 0 Å². The summed E-state index contributed by atoms with van der Waals surface area (Å²) in [6.45, 7) is 3.71. The summed E-state index contributed by atoms with van der Waals surface area (Å²) in [6, 6.07) is 9.68. The molecule has 1 amide bonds. The Morgan fingerprint density at radius 2 is 1.84 bits per heavy atom. The minimum Gasteiger partial charge on any atom is -0.322 e. The molecule has 2 aromatic carbocycles. The molecule has 0 unspecified atom stereocenters. The average Bonchev–Trinajstić information content (AvgIpc) is 2.36. The molecule has 19 heavy (non-hydrogen) atoms. The number of hydrogen-bond donors (Lipinski definition) is 1. The van der Waals surface area contributed by atoms with Gasteiger partial charge in [-0.3, -0.25) is 4.79 Å². The molecule has 2 nitrogen and oxygen atoms in total. The zero-order chi connectivity index (χ0) is 14.0. The zero-order valence-electron chi connectivity index (χ0n) is 10.6. The molecule has 0 aliphatic rings. The lowest BCUT2D eigenvalue weighted by Crippen LogP contribution is -2.12. The number of hydrogen-bond acceptors (Lipinski definition) is 1. The number of halogens is 2. The number of carbonyl (C=O) groups excluding carboxylic acids is 1. The molecule has 0 fully saturated rings. The summed E-state index contributed by atoms with van der Waals surface area (Å²) in [4.78, 5) is 12.1. The lowest BCUT2D eigenvalue weighted by Gasteiger charge is -2.09. The summed E-state index contributed by atoms with van der Waals surface area (Å²) >= 11 is 3.39. The molecule has 0 bridgehead atoms. The van der Waals surface area contributed by atoms with E-state index < -0.39 is 0 Å². The molecule has 0 spiro atoms. The minimum atomic E-state index is -0.312. The van der Waals surface area contributed by atoms with Crippen molar-refractivity contribution >= 4 is 27.5 Å². The Bertz CT molecular complexity index is 640. The van der Waals surface area contributed by atoms with Crippen molar-refractivity contribution in [1.82, 2.24) is 0 Å². The van der Waals surface area contributed by atoms with Crippen LogP contribution < -0.4 is 5.32 Å². The van der Waals surface area contributed by atoms with E-state index in [4.69, 9.17) is 0 Å². The number of amides is 1. The fourth-order valence-electron chi connectivity index (χ4n) is 1.70. The Hall–Kier alpha value is -1.68. The highest BCUT2D eigenvalue weighted by atomic mass is 79.9. The predicted molar refractivity (Wildman–Crippen MR) is 78.0 cm³/mol. The van der Waals surface area contributed by atoms with Crippen LogP contribution >= 0.6 is 15.9 Å². The first-order valence-corrected chi connectivity index (χ1v) is 6.60. The van der Waals surface area contributed by atoms with Gasteiger partial charge in [-0.1, -0.05) is 22.0 Å². The van der Waals surface area contributed by atoms with Crippen LogP contribution in [0.3, 0.4) is 0 Å². The molecule has 0 atom stereocenters. The standard InChI is InChI=1S/C15H13BrFNO/c1-9-3-4-11(8-13(9)16)15(19)18-14-6-5-12(17)7-10(14)2/h3-8H,1-2H3,(H,18,19). The van der Waals surface area contributed by atoms with E-state index in [1.165, 1.54) is 12.1 Å². The van der Waals surface area contributed by atoms with Crippen LogP contribution in [-0.4, -0.2) is 5.91 Å². The quantitative estimate of drug-likeness (QED) is 0.869. The van der Waals surface area contributed by atoms with Crippen LogP contribution in [0.1, 0.15) is 21.5 Å². The first kappa shape index (κ1) is 13.7. The Balaban J connectivity index is 2.23. The molecule has 4 heteroatoms. The van der Waals surface area contributed by atoms with Crippen LogP contribution in [0.25, 0.3) is 0 Å². The average molecular weight is 322 g/mol. The van der Waals surface area contributed by atoms with Crippen LogP contribution in [0.4, 0.5) is 10.1 Å².